The lowest BCUT2D eigenvalue weighted by Gasteiger charge is -2.10. The highest BCUT2D eigenvalue weighted by Gasteiger charge is 2.14. The Kier molecular flexibility index (Phi) is 5.14. The van der Waals surface area contributed by atoms with Crippen LogP contribution in [0.2, 0.25) is 0 Å². The van der Waals surface area contributed by atoms with Crippen LogP contribution in [-0.2, 0) is 10.6 Å². The summed E-state index contributed by atoms with van der Waals surface area (Å²) >= 11 is 5.74. The molecule has 1 unspecified atom stereocenters. The van der Waals surface area contributed by atoms with E-state index >= 15 is 0 Å². The Morgan fingerprint density at radius 2 is 2.12 bits per heavy atom. The van der Waals surface area contributed by atoms with Crippen LogP contribution in [0.15, 0.2) is 24.3 Å². The number of alkyl halides is 1. The fourth-order valence-electron chi connectivity index (χ4n) is 2.15. The lowest BCUT2D eigenvalue weighted by molar-refractivity contribution is 0.103. The molecule has 3 heteroatoms. The fourth-order valence-corrected chi connectivity index (χ4v) is 2.32. The van der Waals surface area contributed by atoms with Crippen LogP contribution < -0.4 is 5.32 Å². The van der Waals surface area contributed by atoms with Crippen molar-refractivity contribution in [3.8, 4) is 0 Å². The molecule has 1 heterocycles. The van der Waals surface area contributed by atoms with E-state index in [1.54, 1.807) is 0 Å². The van der Waals surface area contributed by atoms with Crippen LogP contribution in [0.5, 0.6) is 0 Å². The molecule has 1 N–H and O–H groups in total. The number of hydrogen-bond acceptors (Lipinski definition) is 2. The third-order valence-electron chi connectivity index (χ3n) is 3.16. The summed E-state index contributed by atoms with van der Waals surface area (Å²) in [5.74, 6) is 0.583. The molecule has 1 aromatic rings. The van der Waals surface area contributed by atoms with Crippen LogP contribution in [0.3, 0.4) is 0 Å². The number of rotatable bonds is 6. The van der Waals surface area contributed by atoms with E-state index in [2.05, 4.69) is 29.6 Å². The largest absolute Gasteiger partial charge is 0.385 e. The number of anilines is 1. The quantitative estimate of drug-likeness (QED) is 0.615. The number of ether oxygens (including phenoxy) is 1. The van der Waals surface area contributed by atoms with E-state index < -0.39 is 0 Å². The average Bonchev–Trinajstić information content (AvgIpc) is 2.88. The summed E-state index contributed by atoms with van der Waals surface area (Å²) in [5, 5.41) is 3.42. The molecule has 94 valence electrons. The van der Waals surface area contributed by atoms with Crippen molar-refractivity contribution in [3.05, 3.63) is 29.8 Å². The van der Waals surface area contributed by atoms with Crippen molar-refractivity contribution in [2.45, 2.75) is 37.7 Å². The van der Waals surface area contributed by atoms with Crippen molar-refractivity contribution in [2.24, 2.45) is 0 Å². The van der Waals surface area contributed by atoms with Gasteiger partial charge in [0.1, 0.15) is 0 Å². The Labute approximate surface area is 108 Å². The van der Waals surface area contributed by atoms with Gasteiger partial charge in [-0.3, -0.25) is 0 Å². The molecule has 1 fully saturated rings. The summed E-state index contributed by atoms with van der Waals surface area (Å²) in [6, 6.07) is 8.30. The van der Waals surface area contributed by atoms with Crippen molar-refractivity contribution >= 4 is 17.3 Å². The van der Waals surface area contributed by atoms with Crippen LogP contribution >= 0.6 is 11.6 Å². The molecule has 2 rings (SSSR count). The standard InChI is InChI=1S/C14H20ClNO/c15-11-12-5-7-13(8-6-12)16-9-1-3-14-4-2-10-17-14/h5-8,14,16H,1-4,9-11H2. The number of halogens is 1. The van der Waals surface area contributed by atoms with Gasteiger partial charge in [-0.05, 0) is 43.4 Å². The third-order valence-corrected chi connectivity index (χ3v) is 3.47. The van der Waals surface area contributed by atoms with Crippen LogP contribution in [0.1, 0.15) is 31.2 Å². The van der Waals surface area contributed by atoms with Crippen molar-refractivity contribution in [1.82, 2.24) is 0 Å². The van der Waals surface area contributed by atoms with E-state index in [1.165, 1.54) is 31.4 Å². The second-order valence-corrected chi connectivity index (χ2v) is 4.80. The fraction of sp³-hybridized carbons (Fsp3) is 0.571. The Bertz CT molecular complexity index is 319. The van der Waals surface area contributed by atoms with Crippen molar-refractivity contribution in [2.75, 3.05) is 18.5 Å². The van der Waals surface area contributed by atoms with Gasteiger partial charge in [-0.15, -0.1) is 11.6 Å². The van der Waals surface area contributed by atoms with Crippen LogP contribution in [0.4, 0.5) is 5.69 Å². The summed E-state index contributed by atoms with van der Waals surface area (Å²) in [4.78, 5) is 0. The van der Waals surface area contributed by atoms with Gasteiger partial charge < -0.3 is 10.1 Å². The minimum Gasteiger partial charge on any atom is -0.385 e. The van der Waals surface area contributed by atoms with Gasteiger partial charge in [-0.25, -0.2) is 0 Å². The van der Waals surface area contributed by atoms with Gasteiger partial charge >= 0.3 is 0 Å². The summed E-state index contributed by atoms with van der Waals surface area (Å²) < 4.78 is 5.59. The molecule has 17 heavy (non-hydrogen) atoms. The number of nitrogens with one attached hydrogen (secondary N) is 1. The van der Waals surface area contributed by atoms with Crippen LogP contribution in [0.25, 0.3) is 0 Å². The van der Waals surface area contributed by atoms with E-state index in [0.29, 0.717) is 12.0 Å². The molecule has 0 radical (unpaired) electrons. The van der Waals surface area contributed by atoms with Crippen molar-refractivity contribution in [3.63, 3.8) is 0 Å². The molecule has 1 aliphatic heterocycles. The molecule has 0 aliphatic carbocycles. The maximum atomic E-state index is 5.74. The molecule has 0 spiro atoms. The average molecular weight is 254 g/mol. The molecular formula is C14H20ClNO. The van der Waals surface area contributed by atoms with Gasteiger partial charge in [0.05, 0.1) is 6.10 Å². The smallest absolute Gasteiger partial charge is 0.0576 e. The minimum absolute atomic E-state index is 0.510. The van der Waals surface area contributed by atoms with Crippen LogP contribution in [0, 0.1) is 0 Å². The highest BCUT2D eigenvalue weighted by atomic mass is 35.5. The van der Waals surface area contributed by atoms with Gasteiger partial charge in [-0.2, -0.15) is 0 Å². The van der Waals surface area contributed by atoms with E-state index in [1.807, 2.05) is 0 Å². The molecule has 0 bridgehead atoms. The molecular weight excluding hydrogens is 234 g/mol. The maximum absolute atomic E-state index is 5.74. The predicted molar refractivity (Wildman–Crippen MR) is 72.7 cm³/mol. The first kappa shape index (κ1) is 12.7. The Hall–Kier alpha value is -0.730. The second kappa shape index (κ2) is 6.87. The van der Waals surface area contributed by atoms with E-state index in [0.717, 1.165) is 18.7 Å². The monoisotopic (exact) mass is 253 g/mol. The van der Waals surface area contributed by atoms with E-state index in [9.17, 15) is 0 Å². The predicted octanol–water partition coefficient (Wildman–Crippen LogP) is 3.80. The first-order valence-corrected chi connectivity index (χ1v) is 6.92. The van der Waals surface area contributed by atoms with Crippen LogP contribution in [-0.4, -0.2) is 19.3 Å². The Morgan fingerprint density at radius 3 is 2.76 bits per heavy atom. The Morgan fingerprint density at radius 1 is 1.29 bits per heavy atom. The molecule has 1 atom stereocenters. The maximum Gasteiger partial charge on any atom is 0.0576 e. The molecule has 0 amide bonds. The molecule has 0 saturated carbocycles. The number of hydrogen-bond donors (Lipinski definition) is 1. The first-order chi connectivity index (χ1) is 8.38. The lowest BCUT2D eigenvalue weighted by Crippen LogP contribution is -2.09. The van der Waals surface area contributed by atoms with Gasteiger partial charge in [0, 0.05) is 24.7 Å². The molecule has 2 nitrogen and oxygen atoms in total. The molecule has 1 saturated heterocycles. The highest BCUT2D eigenvalue weighted by Crippen LogP contribution is 2.17. The van der Waals surface area contributed by atoms with Crippen molar-refractivity contribution < 1.29 is 4.74 Å². The highest BCUT2D eigenvalue weighted by molar-refractivity contribution is 6.17. The van der Waals surface area contributed by atoms with E-state index in [4.69, 9.17) is 16.3 Å². The summed E-state index contributed by atoms with van der Waals surface area (Å²) in [5.41, 5.74) is 2.34. The molecule has 1 aliphatic rings. The third kappa shape index (κ3) is 4.21. The summed E-state index contributed by atoms with van der Waals surface area (Å²) in [6.45, 7) is 1.97. The SMILES string of the molecule is ClCc1ccc(NCCCC2CCCO2)cc1. The summed E-state index contributed by atoms with van der Waals surface area (Å²) in [6.07, 6.45) is 5.33. The van der Waals surface area contributed by atoms with Crippen molar-refractivity contribution in [1.29, 1.82) is 0 Å². The zero-order valence-electron chi connectivity index (χ0n) is 10.1. The van der Waals surface area contributed by atoms with Gasteiger partial charge in [0.25, 0.3) is 0 Å². The van der Waals surface area contributed by atoms with Gasteiger partial charge in [0.15, 0.2) is 0 Å². The topological polar surface area (TPSA) is 21.3 Å². The number of benzene rings is 1. The summed E-state index contributed by atoms with van der Waals surface area (Å²) in [7, 11) is 0. The zero-order chi connectivity index (χ0) is 11.9. The normalized spacial score (nSPS) is 19.5. The van der Waals surface area contributed by atoms with Gasteiger partial charge in [0.2, 0.25) is 0 Å². The zero-order valence-corrected chi connectivity index (χ0v) is 10.9. The Balaban J connectivity index is 1.63. The first-order valence-electron chi connectivity index (χ1n) is 6.39. The van der Waals surface area contributed by atoms with Gasteiger partial charge in [-0.1, -0.05) is 12.1 Å². The molecule has 0 aromatic heterocycles. The second-order valence-electron chi connectivity index (χ2n) is 4.53. The molecule has 1 aromatic carbocycles. The lowest BCUT2D eigenvalue weighted by atomic mass is 10.1. The minimum atomic E-state index is 0.510. The van der Waals surface area contributed by atoms with E-state index in [-0.39, 0.29) is 0 Å².